The molecule has 41 heteroatoms. The van der Waals surface area contributed by atoms with Crippen LogP contribution in [0.1, 0.15) is 41.3 Å². The number of nitrogens with one attached hydrogen (secondary N) is 2. The molecule has 0 unspecified atom stereocenters. The Morgan fingerprint density at radius 2 is 1.25 bits per heavy atom. The van der Waals surface area contributed by atoms with Gasteiger partial charge in [-0.1, -0.05) is 60.7 Å². The normalized spacial score (nSPS) is 11.9. The molecule has 7 N–H and O–H groups in total. The van der Waals surface area contributed by atoms with Crippen LogP contribution in [0.2, 0.25) is 0 Å². The molecular weight excluding hydrogens is 1290 g/mol. The van der Waals surface area contributed by atoms with Gasteiger partial charge in [0.05, 0.1) is 34.7 Å². The summed E-state index contributed by atoms with van der Waals surface area (Å²) in [6.45, 7) is -0.765. The van der Waals surface area contributed by atoms with Crippen LogP contribution in [0.25, 0.3) is 33.4 Å². The lowest BCUT2D eigenvalue weighted by molar-refractivity contribution is -0.137. The Morgan fingerprint density at radius 1 is 0.702 bits per heavy atom. The number of amides is 1. The summed E-state index contributed by atoms with van der Waals surface area (Å²) < 4.78 is 249. The summed E-state index contributed by atoms with van der Waals surface area (Å²) in [6, 6.07) is 24.2. The van der Waals surface area contributed by atoms with Crippen molar-refractivity contribution in [2.24, 2.45) is 4.99 Å². The molecule has 2 aliphatic rings. The summed E-state index contributed by atoms with van der Waals surface area (Å²) in [5.74, 6) is -1.92. The third kappa shape index (κ3) is 21.6. The van der Waals surface area contributed by atoms with Gasteiger partial charge in [-0.15, -0.1) is 37.9 Å². The number of aliphatic carboxylic acids is 1. The predicted molar refractivity (Wildman–Crippen MR) is 288 cm³/mol. The largest absolute Gasteiger partial charge is 0.481 e. The number of fused-ring (bicyclic) bond motifs is 2. The Balaban J connectivity index is 0.00000140. The summed E-state index contributed by atoms with van der Waals surface area (Å²) in [5.41, 5.74) is 2.43. The van der Waals surface area contributed by atoms with E-state index >= 15 is 0 Å². The summed E-state index contributed by atoms with van der Waals surface area (Å²) in [6.07, 6.45) is -0.217. The van der Waals surface area contributed by atoms with Crippen LogP contribution in [0.4, 0.5) is 11.4 Å². The van der Waals surface area contributed by atoms with Crippen LogP contribution in [-0.2, 0) is 105 Å². The maximum Gasteiger partial charge on any atom is 0.425 e. The monoisotopic (exact) mass is 1340 g/mol. The molecule has 0 spiro atoms. The molecule has 0 fully saturated rings. The van der Waals surface area contributed by atoms with E-state index in [2.05, 4.69) is 10.3 Å². The number of hydroxylamine groups is 1. The van der Waals surface area contributed by atoms with E-state index in [9.17, 15) is 75.0 Å². The molecule has 4 aromatic rings. The third-order valence-electron chi connectivity index (χ3n) is 10.7. The first-order chi connectivity index (χ1) is 38.8. The fourth-order valence-corrected chi connectivity index (χ4v) is 11.3. The van der Waals surface area contributed by atoms with Gasteiger partial charge < -0.3 is 19.7 Å². The molecule has 0 saturated heterocycles. The minimum absolute atomic E-state index is 0.00814. The van der Waals surface area contributed by atoms with Crippen LogP contribution in [0.15, 0.2) is 122 Å². The SMILES string of the molecule is CCN(c1cc2c(-c3ccccc3C(=O)N(C)CCCC(=O)O)c3cc(S(=O)(=O)ONCC(S(=O)(=O)O)S(=O)(=O)O)c(=NCc4ccc(S(=O)(=O)O)cc4)cc-3oc2cc1NCc1ccccc1)S(=O)(=O)O.O=S(=O)=O.O=S(=O)=O.O=S(=O)=O. The standard InChI is InChI=1S/C43H45N5O19S5.3O3S/c1-3-48(72(63,64)65)36-20-32-37(22-34(36)44-24-27-10-5-4-6-11-27)66-38-23-35(45-25-28-15-17-29(18-16-28)68(52,53)54)39(71(61,62)67-46-26-41(69(55,56)57)70(58,59)60)21-33(38)42(32)30-12-7-8-13-31(30)43(51)47(2)19-9-14-40(49)50;3*1-4(2)3/h4-8,10-13,15-18,20-23,41,44,46H,3,9,14,19,24-26H2,1-2H3,(H,49,50)(H,52,53,54)(H,55,56,57)(H,58,59,60)(H,63,64,65);;;. The van der Waals surface area contributed by atoms with Crippen molar-refractivity contribution in [3.63, 3.8) is 0 Å². The Labute approximate surface area is 482 Å². The van der Waals surface area contributed by atoms with Crippen LogP contribution in [-0.4, -0.2) is 151 Å². The van der Waals surface area contributed by atoms with Gasteiger partial charge in [0.15, 0.2) is 0 Å². The Bertz CT molecular complexity index is 4280. The van der Waals surface area contributed by atoms with Crippen molar-refractivity contribution >= 4 is 117 Å². The van der Waals surface area contributed by atoms with Crippen LogP contribution < -0.4 is 20.5 Å². The molecule has 1 heterocycles. The highest BCUT2D eigenvalue weighted by molar-refractivity contribution is 8.04. The van der Waals surface area contributed by atoms with Crippen LogP contribution >= 0.6 is 0 Å². The second kappa shape index (κ2) is 30.3. The van der Waals surface area contributed by atoms with Gasteiger partial charge in [0.25, 0.3) is 36.3 Å². The molecule has 1 aliphatic carbocycles. The molecule has 0 radical (unpaired) electrons. The zero-order valence-corrected chi connectivity index (χ0v) is 49.1. The van der Waals surface area contributed by atoms with Crippen molar-refractivity contribution in [3.8, 4) is 22.5 Å². The number of carbonyl (C=O) groups excluding carboxylic acids is 1. The van der Waals surface area contributed by atoms with Gasteiger partial charge in [-0.25, -0.2) is 4.31 Å². The van der Waals surface area contributed by atoms with Gasteiger partial charge in [-0.3, -0.25) is 32.8 Å². The fraction of sp³-hybridized carbons (Fsp3) is 0.233. The number of anilines is 2. The first kappa shape index (κ1) is 70.7. The molecule has 4 aromatic carbocycles. The number of carbonyl (C=O) groups is 2. The Morgan fingerprint density at radius 3 is 1.76 bits per heavy atom. The second-order valence-corrected chi connectivity index (χ2v) is 25.3. The van der Waals surface area contributed by atoms with Gasteiger partial charge in [0, 0.05) is 67.3 Å². The molecule has 6 rings (SSSR count). The molecule has 0 saturated carbocycles. The summed E-state index contributed by atoms with van der Waals surface area (Å²) in [4.78, 5) is 29.9. The van der Waals surface area contributed by atoms with Gasteiger partial charge in [-0.05, 0) is 60.4 Å². The zero-order valence-electron chi connectivity index (χ0n) is 42.6. The van der Waals surface area contributed by atoms with Gasteiger partial charge >= 0.3 is 58.2 Å². The van der Waals surface area contributed by atoms with E-state index in [1.165, 1.54) is 67.4 Å². The lowest BCUT2D eigenvalue weighted by Crippen LogP contribution is -2.40. The number of hydrogen-bond donors (Lipinski definition) is 7. The van der Waals surface area contributed by atoms with E-state index in [1.807, 2.05) is 0 Å². The van der Waals surface area contributed by atoms with Crippen molar-refractivity contribution in [2.75, 3.05) is 36.3 Å². The van der Waals surface area contributed by atoms with Crippen LogP contribution in [0.5, 0.6) is 0 Å². The Kier molecular flexibility index (Phi) is 25.6. The molecular formula is C43H45N5O28S8. The molecule has 0 atom stereocenters. The molecule has 1 aliphatic heterocycles. The molecule has 1 amide bonds. The van der Waals surface area contributed by atoms with E-state index in [4.69, 9.17) is 46.6 Å². The smallest absolute Gasteiger partial charge is 0.425 e. The maximum atomic E-state index is 14.3. The van der Waals surface area contributed by atoms with Gasteiger partial charge in [-0.2, -0.15) is 51.9 Å². The topological polar surface area (TPSA) is 525 Å². The molecule has 84 heavy (non-hydrogen) atoms. The predicted octanol–water partition coefficient (Wildman–Crippen LogP) is 1.03. The second-order valence-electron chi connectivity index (χ2n) is 16.3. The average molecular weight is 1340 g/mol. The quantitative estimate of drug-likeness (QED) is 0.0283. The van der Waals surface area contributed by atoms with Crippen LogP contribution in [0.3, 0.4) is 0 Å². The summed E-state index contributed by atoms with van der Waals surface area (Å²) >= 11 is 0. The first-order valence-corrected chi connectivity index (χ1v) is 32.7. The summed E-state index contributed by atoms with van der Waals surface area (Å²) in [7, 11) is -34.1. The van der Waals surface area contributed by atoms with Gasteiger partial charge in [0.1, 0.15) is 16.2 Å². The fourth-order valence-electron chi connectivity index (χ4n) is 7.35. The number of hydrogen-bond acceptors (Lipinski definition) is 26. The van der Waals surface area contributed by atoms with Crippen molar-refractivity contribution in [3.05, 3.63) is 125 Å². The third-order valence-corrected chi connectivity index (χ3v) is 16.9. The highest BCUT2D eigenvalue weighted by atomic mass is 32.3. The van der Waals surface area contributed by atoms with E-state index in [0.29, 0.717) is 4.31 Å². The number of carboxylic acid groups (broad SMARTS) is 1. The van der Waals surface area contributed by atoms with E-state index < -0.39 is 127 Å². The minimum Gasteiger partial charge on any atom is -0.481 e. The number of carboxylic acids is 1. The number of rotatable bonds is 22. The highest BCUT2D eigenvalue weighted by Crippen LogP contribution is 2.45. The minimum atomic E-state index is -5.60. The van der Waals surface area contributed by atoms with Crippen molar-refractivity contribution in [1.29, 1.82) is 0 Å². The zero-order chi connectivity index (χ0) is 63.7. The summed E-state index contributed by atoms with van der Waals surface area (Å²) in [5, 5.41) is 12.0. The molecule has 0 bridgehead atoms. The maximum absolute atomic E-state index is 14.3. The molecule has 33 nitrogen and oxygen atoms in total. The Hall–Kier alpha value is -7.52. The van der Waals surface area contributed by atoms with Crippen molar-refractivity contribution in [2.45, 2.75) is 47.2 Å². The lowest BCUT2D eigenvalue weighted by Gasteiger charge is -2.25. The highest BCUT2D eigenvalue weighted by Gasteiger charge is 2.37. The van der Waals surface area contributed by atoms with Crippen LogP contribution in [0, 0.1) is 0 Å². The first-order valence-electron chi connectivity index (χ1n) is 22.4. The van der Waals surface area contributed by atoms with Crippen molar-refractivity contribution in [1.82, 2.24) is 10.4 Å². The van der Waals surface area contributed by atoms with E-state index in [-0.39, 0.29) is 88.4 Å². The number of nitrogens with zero attached hydrogens (tertiary/aromatic N) is 3. The van der Waals surface area contributed by atoms with Crippen molar-refractivity contribution < 1.29 is 122 Å². The van der Waals surface area contributed by atoms with Gasteiger partial charge in [0.2, 0.25) is 4.58 Å². The van der Waals surface area contributed by atoms with E-state index in [0.717, 1.165) is 29.8 Å². The van der Waals surface area contributed by atoms with E-state index in [1.54, 1.807) is 35.8 Å². The lowest BCUT2D eigenvalue weighted by atomic mass is 9.90. The average Bonchev–Trinajstić information content (AvgIpc) is 2.31. The number of benzene rings is 5. The molecule has 0 aromatic heterocycles. The molecule has 458 valence electrons.